The third-order valence-corrected chi connectivity index (χ3v) is 5.16. The first kappa shape index (κ1) is 16.1. The van der Waals surface area contributed by atoms with Crippen LogP contribution >= 0.6 is 0 Å². The van der Waals surface area contributed by atoms with Gasteiger partial charge >= 0.3 is 0 Å². The van der Waals surface area contributed by atoms with Gasteiger partial charge in [-0.15, -0.1) is 0 Å². The molecule has 8 heteroatoms. The van der Waals surface area contributed by atoms with Crippen molar-refractivity contribution in [2.45, 2.75) is 25.3 Å². The summed E-state index contributed by atoms with van der Waals surface area (Å²) in [4.78, 5) is 28.1. The molecule has 0 aliphatic carbocycles. The summed E-state index contributed by atoms with van der Waals surface area (Å²) in [5, 5.41) is 11.2. The Bertz CT molecular complexity index is 708. The van der Waals surface area contributed by atoms with Crippen LogP contribution in [0, 0.1) is 10.1 Å². The molecule has 0 radical (unpaired) electrons. The number of hydrogen-bond donors (Lipinski definition) is 0. The van der Waals surface area contributed by atoms with Crippen molar-refractivity contribution < 1.29 is 19.2 Å². The number of benzene rings is 1. The van der Waals surface area contributed by atoms with Gasteiger partial charge in [-0.1, -0.05) is 0 Å². The van der Waals surface area contributed by atoms with E-state index in [1.807, 2.05) is 4.90 Å². The monoisotopic (exact) mass is 347 g/mol. The van der Waals surface area contributed by atoms with Gasteiger partial charge in [0.2, 0.25) is 0 Å². The Balaban J connectivity index is 1.66. The number of rotatable bonds is 2. The zero-order chi connectivity index (χ0) is 17.4. The highest BCUT2D eigenvalue weighted by Crippen LogP contribution is 2.38. The molecule has 3 heterocycles. The normalized spacial score (nSPS) is 23.0. The van der Waals surface area contributed by atoms with E-state index in [4.69, 9.17) is 9.47 Å². The molecule has 0 aromatic heterocycles. The fourth-order valence-corrected chi connectivity index (χ4v) is 3.96. The molecule has 0 bridgehead atoms. The summed E-state index contributed by atoms with van der Waals surface area (Å²) >= 11 is 0. The van der Waals surface area contributed by atoms with Gasteiger partial charge in [-0.05, 0) is 25.8 Å². The Hall–Kier alpha value is -2.35. The minimum absolute atomic E-state index is 0.148. The topological polar surface area (TPSA) is 85.1 Å². The summed E-state index contributed by atoms with van der Waals surface area (Å²) in [7, 11) is 0. The molecule has 0 unspecified atom stereocenters. The second-order valence-corrected chi connectivity index (χ2v) is 6.71. The van der Waals surface area contributed by atoms with Crippen LogP contribution in [0.2, 0.25) is 0 Å². The molecule has 0 spiro atoms. The molecule has 2 fully saturated rings. The van der Waals surface area contributed by atoms with Crippen LogP contribution in [-0.4, -0.2) is 66.1 Å². The first-order valence-electron chi connectivity index (χ1n) is 8.75. The molecule has 3 aliphatic heterocycles. The van der Waals surface area contributed by atoms with Crippen molar-refractivity contribution in [3.05, 3.63) is 27.8 Å². The van der Waals surface area contributed by atoms with E-state index in [2.05, 4.69) is 4.90 Å². The average Bonchev–Trinajstić information content (AvgIpc) is 2.96. The molecular weight excluding hydrogens is 326 g/mol. The zero-order valence-corrected chi connectivity index (χ0v) is 14.0. The number of hydrogen-bond acceptors (Lipinski definition) is 6. The number of ether oxygens (including phenoxy) is 2. The van der Waals surface area contributed by atoms with E-state index in [9.17, 15) is 14.9 Å². The van der Waals surface area contributed by atoms with Crippen molar-refractivity contribution >= 4 is 11.6 Å². The van der Waals surface area contributed by atoms with Crippen molar-refractivity contribution in [1.29, 1.82) is 0 Å². The van der Waals surface area contributed by atoms with Crippen LogP contribution in [0.3, 0.4) is 0 Å². The van der Waals surface area contributed by atoms with Crippen molar-refractivity contribution in [2.75, 3.05) is 39.4 Å². The molecule has 1 atom stereocenters. The van der Waals surface area contributed by atoms with Gasteiger partial charge in [-0.2, -0.15) is 0 Å². The van der Waals surface area contributed by atoms with Gasteiger partial charge in [0.15, 0.2) is 11.5 Å². The second kappa shape index (κ2) is 6.51. The number of nitro benzene ring substituents is 1. The fourth-order valence-electron chi connectivity index (χ4n) is 3.96. The third-order valence-electron chi connectivity index (χ3n) is 5.16. The molecule has 1 aromatic carbocycles. The average molecular weight is 347 g/mol. The zero-order valence-electron chi connectivity index (χ0n) is 14.0. The fraction of sp³-hybridized carbons (Fsp3) is 0.588. The van der Waals surface area contributed by atoms with E-state index in [-0.39, 0.29) is 22.9 Å². The number of non-ortho nitro benzene ring substituents is 1. The van der Waals surface area contributed by atoms with Gasteiger partial charge in [0.1, 0.15) is 13.2 Å². The van der Waals surface area contributed by atoms with Gasteiger partial charge < -0.3 is 14.4 Å². The molecule has 4 rings (SSSR count). The minimum atomic E-state index is -0.504. The van der Waals surface area contributed by atoms with Crippen LogP contribution in [0.5, 0.6) is 11.5 Å². The lowest BCUT2D eigenvalue weighted by Crippen LogP contribution is -2.40. The van der Waals surface area contributed by atoms with Crippen molar-refractivity contribution in [3.8, 4) is 11.5 Å². The van der Waals surface area contributed by atoms with Gasteiger partial charge in [0, 0.05) is 31.7 Å². The predicted octanol–water partition coefficient (Wildman–Crippen LogP) is 1.68. The van der Waals surface area contributed by atoms with E-state index < -0.39 is 4.92 Å². The van der Waals surface area contributed by atoms with Crippen LogP contribution in [-0.2, 0) is 0 Å². The minimum Gasteiger partial charge on any atom is -0.486 e. The standard InChI is InChI=1S/C17H21N3O5/c21-17(19-6-2-5-18-4-1-3-12(18)11-19)14-9-13(20(22)23)10-15-16(14)25-8-7-24-15/h9-10,12H,1-8,11H2/t12-/m0/s1. The smallest absolute Gasteiger partial charge is 0.274 e. The summed E-state index contributed by atoms with van der Waals surface area (Å²) in [6.45, 7) is 4.07. The Labute approximate surface area is 145 Å². The molecule has 25 heavy (non-hydrogen) atoms. The van der Waals surface area contributed by atoms with Crippen LogP contribution in [0.25, 0.3) is 0 Å². The number of fused-ring (bicyclic) bond motifs is 2. The van der Waals surface area contributed by atoms with Crippen molar-refractivity contribution in [1.82, 2.24) is 9.80 Å². The number of carbonyl (C=O) groups excluding carboxylic acids is 1. The highest BCUT2D eigenvalue weighted by Gasteiger charge is 2.33. The summed E-state index contributed by atoms with van der Waals surface area (Å²) in [6, 6.07) is 3.03. The number of nitro groups is 1. The predicted molar refractivity (Wildman–Crippen MR) is 89.2 cm³/mol. The van der Waals surface area contributed by atoms with Gasteiger partial charge in [0.25, 0.3) is 11.6 Å². The Morgan fingerprint density at radius 1 is 1.16 bits per heavy atom. The summed E-state index contributed by atoms with van der Waals surface area (Å²) < 4.78 is 11.1. The Morgan fingerprint density at radius 2 is 1.96 bits per heavy atom. The van der Waals surface area contributed by atoms with Crippen molar-refractivity contribution in [2.24, 2.45) is 0 Å². The quantitative estimate of drug-likeness (QED) is 0.598. The first-order valence-corrected chi connectivity index (χ1v) is 8.75. The van der Waals surface area contributed by atoms with E-state index in [0.29, 0.717) is 38.1 Å². The summed E-state index contributed by atoms with van der Waals surface area (Å²) in [5.41, 5.74) is 0.0836. The third kappa shape index (κ3) is 3.02. The number of carbonyl (C=O) groups is 1. The summed E-state index contributed by atoms with van der Waals surface area (Å²) in [5.74, 6) is 0.398. The molecule has 8 nitrogen and oxygen atoms in total. The maximum atomic E-state index is 13.1. The lowest BCUT2D eigenvalue weighted by Gasteiger charge is -2.27. The van der Waals surface area contributed by atoms with E-state index in [0.717, 1.165) is 32.4 Å². The van der Waals surface area contributed by atoms with E-state index in [1.165, 1.54) is 12.1 Å². The number of nitrogens with zero attached hydrogens (tertiary/aromatic N) is 3. The highest BCUT2D eigenvalue weighted by molar-refractivity contribution is 5.98. The van der Waals surface area contributed by atoms with Crippen molar-refractivity contribution in [3.63, 3.8) is 0 Å². The SMILES string of the molecule is O=C(c1cc([N+](=O)[O-])cc2c1OCCO2)N1CCCN2CCC[C@H]2C1. The lowest BCUT2D eigenvalue weighted by atomic mass is 10.1. The second-order valence-electron chi connectivity index (χ2n) is 6.71. The maximum absolute atomic E-state index is 13.1. The molecule has 1 aromatic rings. The molecule has 3 aliphatic rings. The van der Waals surface area contributed by atoms with Crippen LogP contribution in [0.4, 0.5) is 5.69 Å². The van der Waals surface area contributed by atoms with E-state index in [1.54, 1.807) is 0 Å². The number of amides is 1. The lowest BCUT2D eigenvalue weighted by molar-refractivity contribution is -0.385. The molecule has 0 N–H and O–H groups in total. The van der Waals surface area contributed by atoms with E-state index >= 15 is 0 Å². The highest BCUT2D eigenvalue weighted by atomic mass is 16.6. The van der Waals surface area contributed by atoms with Crippen LogP contribution in [0.1, 0.15) is 29.6 Å². The maximum Gasteiger partial charge on any atom is 0.274 e. The van der Waals surface area contributed by atoms with Crippen LogP contribution in [0.15, 0.2) is 12.1 Å². The first-order chi connectivity index (χ1) is 12.1. The summed E-state index contributed by atoms with van der Waals surface area (Å²) in [6.07, 6.45) is 3.17. The molecule has 0 saturated carbocycles. The van der Waals surface area contributed by atoms with Gasteiger partial charge in [0.05, 0.1) is 16.6 Å². The Morgan fingerprint density at radius 3 is 2.80 bits per heavy atom. The van der Waals surface area contributed by atoms with Gasteiger partial charge in [-0.25, -0.2) is 0 Å². The molecular formula is C17H21N3O5. The molecule has 2 saturated heterocycles. The van der Waals surface area contributed by atoms with Gasteiger partial charge in [-0.3, -0.25) is 19.8 Å². The van der Waals surface area contributed by atoms with Crippen LogP contribution < -0.4 is 9.47 Å². The molecule has 1 amide bonds. The molecule has 134 valence electrons. The largest absolute Gasteiger partial charge is 0.486 e. The Kier molecular flexibility index (Phi) is 4.20.